The minimum atomic E-state index is -1.08. The molecule has 0 spiro atoms. The SMILES string of the molecule is COc1cc(OC)c(CNC(=O)c2cc(C)cc(C(=O)O)c2)c(OC)c1. The lowest BCUT2D eigenvalue weighted by molar-refractivity contribution is 0.0696. The zero-order valence-electron chi connectivity index (χ0n) is 15.1. The number of hydrogen-bond acceptors (Lipinski definition) is 5. The number of amides is 1. The van der Waals surface area contributed by atoms with E-state index in [1.165, 1.54) is 33.5 Å². The summed E-state index contributed by atoms with van der Waals surface area (Å²) in [5.74, 6) is 0.116. The maximum absolute atomic E-state index is 12.5. The van der Waals surface area contributed by atoms with E-state index < -0.39 is 11.9 Å². The molecule has 2 rings (SSSR count). The van der Waals surface area contributed by atoms with Gasteiger partial charge in [-0.15, -0.1) is 0 Å². The lowest BCUT2D eigenvalue weighted by Crippen LogP contribution is -2.24. The Balaban J connectivity index is 2.26. The van der Waals surface area contributed by atoms with Crippen molar-refractivity contribution < 1.29 is 28.9 Å². The van der Waals surface area contributed by atoms with E-state index in [0.29, 0.717) is 28.4 Å². The maximum Gasteiger partial charge on any atom is 0.335 e. The lowest BCUT2D eigenvalue weighted by Gasteiger charge is -2.15. The van der Waals surface area contributed by atoms with Gasteiger partial charge >= 0.3 is 5.97 Å². The Bertz CT molecular complexity index is 806. The van der Waals surface area contributed by atoms with E-state index in [1.807, 2.05) is 0 Å². The molecule has 2 aromatic carbocycles. The molecule has 0 bridgehead atoms. The summed E-state index contributed by atoms with van der Waals surface area (Å²) in [6.45, 7) is 1.88. The van der Waals surface area contributed by atoms with Crippen LogP contribution in [0.4, 0.5) is 0 Å². The van der Waals surface area contributed by atoms with Crippen LogP contribution >= 0.6 is 0 Å². The summed E-state index contributed by atoms with van der Waals surface area (Å²) in [5.41, 5.74) is 1.67. The average Bonchev–Trinajstić information content (AvgIpc) is 2.64. The molecule has 0 aliphatic rings. The van der Waals surface area contributed by atoms with Crippen LogP contribution in [0.25, 0.3) is 0 Å². The highest BCUT2D eigenvalue weighted by atomic mass is 16.5. The third-order valence-corrected chi connectivity index (χ3v) is 3.83. The van der Waals surface area contributed by atoms with Crippen molar-refractivity contribution in [3.63, 3.8) is 0 Å². The number of methoxy groups -OCH3 is 3. The molecule has 0 unspecified atom stereocenters. The molecule has 26 heavy (non-hydrogen) atoms. The van der Waals surface area contributed by atoms with E-state index in [4.69, 9.17) is 19.3 Å². The molecule has 138 valence electrons. The Morgan fingerprint density at radius 2 is 1.50 bits per heavy atom. The van der Waals surface area contributed by atoms with E-state index in [-0.39, 0.29) is 17.7 Å². The van der Waals surface area contributed by atoms with Gasteiger partial charge in [0.1, 0.15) is 17.2 Å². The van der Waals surface area contributed by atoms with Gasteiger partial charge < -0.3 is 24.6 Å². The van der Waals surface area contributed by atoms with Gasteiger partial charge in [0.05, 0.1) is 39.0 Å². The molecule has 0 aromatic heterocycles. The molecular weight excluding hydrogens is 338 g/mol. The lowest BCUT2D eigenvalue weighted by atomic mass is 10.1. The molecule has 7 nitrogen and oxygen atoms in total. The minimum absolute atomic E-state index is 0.0646. The number of hydrogen-bond donors (Lipinski definition) is 2. The highest BCUT2D eigenvalue weighted by Gasteiger charge is 2.16. The summed E-state index contributed by atoms with van der Waals surface area (Å²) in [4.78, 5) is 23.6. The van der Waals surface area contributed by atoms with E-state index in [2.05, 4.69) is 5.32 Å². The van der Waals surface area contributed by atoms with Gasteiger partial charge in [-0.1, -0.05) is 0 Å². The van der Waals surface area contributed by atoms with Crippen LogP contribution in [0.2, 0.25) is 0 Å². The van der Waals surface area contributed by atoms with Crippen molar-refractivity contribution in [3.05, 3.63) is 52.6 Å². The summed E-state index contributed by atoms with van der Waals surface area (Å²) >= 11 is 0. The fraction of sp³-hybridized carbons (Fsp3) is 0.263. The fourth-order valence-corrected chi connectivity index (χ4v) is 2.56. The molecule has 7 heteroatoms. The van der Waals surface area contributed by atoms with Crippen LogP contribution in [-0.2, 0) is 6.54 Å². The molecule has 0 radical (unpaired) electrons. The predicted molar refractivity (Wildman–Crippen MR) is 95.4 cm³/mol. The smallest absolute Gasteiger partial charge is 0.335 e. The second kappa shape index (κ2) is 8.24. The number of carbonyl (C=O) groups excluding carboxylic acids is 1. The van der Waals surface area contributed by atoms with E-state index in [0.717, 1.165) is 0 Å². The quantitative estimate of drug-likeness (QED) is 0.789. The molecule has 0 saturated heterocycles. The van der Waals surface area contributed by atoms with E-state index in [9.17, 15) is 9.59 Å². The van der Waals surface area contributed by atoms with Crippen LogP contribution in [0.15, 0.2) is 30.3 Å². The van der Waals surface area contributed by atoms with Gasteiger partial charge in [-0.25, -0.2) is 4.79 Å². The Labute approximate surface area is 151 Å². The molecule has 1 amide bonds. The average molecular weight is 359 g/mol. The monoisotopic (exact) mass is 359 g/mol. The standard InChI is InChI=1S/C19H21NO6/c1-11-5-12(7-13(6-11)19(22)23)18(21)20-10-15-16(25-3)8-14(24-2)9-17(15)26-4/h5-9H,10H2,1-4H3,(H,20,21)(H,22,23). The molecule has 0 fully saturated rings. The Hall–Kier alpha value is -3.22. The molecular formula is C19H21NO6. The van der Waals surface area contributed by atoms with Gasteiger partial charge in [0, 0.05) is 17.7 Å². The number of ether oxygens (including phenoxy) is 3. The topological polar surface area (TPSA) is 94.1 Å². The largest absolute Gasteiger partial charge is 0.496 e. The number of aromatic carboxylic acids is 1. The number of benzene rings is 2. The summed E-state index contributed by atoms with van der Waals surface area (Å²) < 4.78 is 15.9. The number of carboxylic acids is 1. The Morgan fingerprint density at radius 1 is 0.923 bits per heavy atom. The van der Waals surface area contributed by atoms with Gasteiger partial charge in [0.25, 0.3) is 5.91 Å². The number of aryl methyl sites for hydroxylation is 1. The van der Waals surface area contributed by atoms with Crippen LogP contribution in [0, 0.1) is 6.92 Å². The molecule has 2 N–H and O–H groups in total. The highest BCUT2D eigenvalue weighted by molar-refractivity contribution is 5.97. The molecule has 0 aliphatic heterocycles. The summed E-state index contributed by atoms with van der Waals surface area (Å²) in [7, 11) is 4.56. The number of carboxylic acid groups (broad SMARTS) is 1. The summed E-state index contributed by atoms with van der Waals surface area (Å²) in [5, 5.41) is 11.9. The van der Waals surface area contributed by atoms with Crippen molar-refractivity contribution in [1.82, 2.24) is 5.32 Å². The third-order valence-electron chi connectivity index (χ3n) is 3.83. The highest BCUT2D eigenvalue weighted by Crippen LogP contribution is 2.33. The normalized spacial score (nSPS) is 10.2. The van der Waals surface area contributed by atoms with Gasteiger partial charge in [-0.05, 0) is 30.7 Å². The molecule has 0 saturated carbocycles. The zero-order chi connectivity index (χ0) is 19.3. The summed E-state index contributed by atoms with van der Waals surface area (Å²) in [6, 6.07) is 7.87. The summed E-state index contributed by atoms with van der Waals surface area (Å²) in [6.07, 6.45) is 0. The maximum atomic E-state index is 12.5. The minimum Gasteiger partial charge on any atom is -0.496 e. The molecule has 0 aliphatic carbocycles. The first-order valence-corrected chi connectivity index (χ1v) is 7.81. The van der Waals surface area contributed by atoms with Gasteiger partial charge in [-0.2, -0.15) is 0 Å². The number of rotatable bonds is 7. The zero-order valence-corrected chi connectivity index (χ0v) is 15.1. The molecule has 2 aromatic rings. The predicted octanol–water partition coefficient (Wildman–Crippen LogP) is 2.65. The van der Waals surface area contributed by atoms with Crippen LogP contribution < -0.4 is 19.5 Å². The molecule has 0 heterocycles. The third kappa shape index (κ3) is 4.24. The van der Waals surface area contributed by atoms with Crippen molar-refractivity contribution in [2.75, 3.05) is 21.3 Å². The van der Waals surface area contributed by atoms with Gasteiger partial charge in [0.15, 0.2) is 0 Å². The van der Waals surface area contributed by atoms with Crippen molar-refractivity contribution in [1.29, 1.82) is 0 Å². The van der Waals surface area contributed by atoms with Crippen molar-refractivity contribution in [2.24, 2.45) is 0 Å². The van der Waals surface area contributed by atoms with Gasteiger partial charge in [-0.3, -0.25) is 4.79 Å². The first-order valence-electron chi connectivity index (χ1n) is 7.81. The van der Waals surface area contributed by atoms with E-state index in [1.54, 1.807) is 25.1 Å². The number of carbonyl (C=O) groups is 2. The first-order chi connectivity index (χ1) is 12.4. The van der Waals surface area contributed by atoms with Crippen LogP contribution in [0.1, 0.15) is 31.8 Å². The van der Waals surface area contributed by atoms with Crippen LogP contribution in [0.3, 0.4) is 0 Å². The number of nitrogens with one attached hydrogen (secondary N) is 1. The van der Waals surface area contributed by atoms with Crippen molar-refractivity contribution >= 4 is 11.9 Å². The van der Waals surface area contributed by atoms with Gasteiger partial charge in [0.2, 0.25) is 0 Å². The Morgan fingerprint density at radius 3 is 2.00 bits per heavy atom. The second-order valence-corrected chi connectivity index (χ2v) is 5.59. The van der Waals surface area contributed by atoms with Crippen LogP contribution in [0.5, 0.6) is 17.2 Å². The van der Waals surface area contributed by atoms with Crippen molar-refractivity contribution in [3.8, 4) is 17.2 Å². The second-order valence-electron chi connectivity index (χ2n) is 5.59. The van der Waals surface area contributed by atoms with Crippen LogP contribution in [-0.4, -0.2) is 38.3 Å². The Kier molecular flexibility index (Phi) is 6.06. The van der Waals surface area contributed by atoms with E-state index >= 15 is 0 Å². The first kappa shape index (κ1) is 19.1. The molecule has 0 atom stereocenters. The van der Waals surface area contributed by atoms with Crippen molar-refractivity contribution in [2.45, 2.75) is 13.5 Å². The fourth-order valence-electron chi connectivity index (χ4n) is 2.56.